The lowest BCUT2D eigenvalue weighted by Gasteiger charge is -2.15. The molecule has 2 aromatic heterocycles. The van der Waals surface area contributed by atoms with Crippen molar-refractivity contribution in [3.8, 4) is 0 Å². The molecule has 3 aromatic rings. The van der Waals surface area contributed by atoms with E-state index in [0.29, 0.717) is 17.0 Å². The third-order valence-corrected chi connectivity index (χ3v) is 4.61. The number of nitrogens with zero attached hydrogens (tertiary/aromatic N) is 4. The predicted octanol–water partition coefficient (Wildman–Crippen LogP) is -0.526. The second kappa shape index (κ2) is 7.14. The van der Waals surface area contributed by atoms with E-state index in [1.807, 2.05) is 0 Å². The summed E-state index contributed by atoms with van der Waals surface area (Å²) in [5.74, 6) is -0.432. The number of nitrogens with one attached hydrogen (secondary N) is 2. The Labute approximate surface area is 159 Å². The van der Waals surface area contributed by atoms with Crippen LogP contribution in [0.2, 0.25) is 0 Å². The number of aryl methyl sites for hydroxylation is 1. The fourth-order valence-corrected chi connectivity index (χ4v) is 2.88. The standard InChI is InChI=1S/C18H20N6O4/c1-11(25)21(2)13-7-5-12(6-8-13)20-14(26)9-24-10-19-16-15(24)17(27)23(4)18(28)22(16)3/h5-8,10H,9H2,1-4H3,(H,20,26)/p+1. The summed E-state index contributed by atoms with van der Waals surface area (Å²) in [5.41, 5.74) is 0.915. The van der Waals surface area contributed by atoms with Gasteiger partial charge in [0.15, 0.2) is 6.54 Å². The third kappa shape index (κ3) is 3.31. The van der Waals surface area contributed by atoms with Crippen LogP contribution >= 0.6 is 0 Å². The molecule has 2 N–H and O–H groups in total. The highest BCUT2D eigenvalue weighted by Gasteiger charge is 2.21. The number of imidazole rings is 1. The summed E-state index contributed by atoms with van der Waals surface area (Å²) >= 11 is 0. The maximum atomic E-state index is 12.4. The highest BCUT2D eigenvalue weighted by molar-refractivity contribution is 5.92. The average molecular weight is 385 g/mol. The molecular weight excluding hydrogens is 364 g/mol. The minimum Gasteiger partial charge on any atom is -0.323 e. The van der Waals surface area contributed by atoms with E-state index in [1.165, 1.54) is 34.3 Å². The Balaban J connectivity index is 1.82. The molecule has 28 heavy (non-hydrogen) atoms. The molecule has 0 unspecified atom stereocenters. The number of amides is 2. The maximum Gasteiger partial charge on any atom is 0.333 e. The Hall–Kier alpha value is -3.69. The molecule has 0 spiro atoms. The Morgan fingerprint density at radius 1 is 1.14 bits per heavy atom. The van der Waals surface area contributed by atoms with Gasteiger partial charge in [0.05, 0.1) is 0 Å². The van der Waals surface area contributed by atoms with Crippen molar-refractivity contribution in [1.82, 2.24) is 14.1 Å². The molecule has 0 radical (unpaired) electrons. The molecule has 0 saturated carbocycles. The summed E-state index contributed by atoms with van der Waals surface area (Å²) in [4.78, 5) is 52.6. The molecule has 2 amide bonds. The Morgan fingerprint density at radius 3 is 2.39 bits per heavy atom. The van der Waals surface area contributed by atoms with Gasteiger partial charge in [0, 0.05) is 39.4 Å². The van der Waals surface area contributed by atoms with Crippen molar-refractivity contribution in [2.45, 2.75) is 13.5 Å². The summed E-state index contributed by atoms with van der Waals surface area (Å²) < 4.78 is 3.77. The zero-order valence-electron chi connectivity index (χ0n) is 16.0. The smallest absolute Gasteiger partial charge is 0.323 e. The number of H-pyrrole nitrogens is 1. The first-order chi connectivity index (χ1) is 13.2. The van der Waals surface area contributed by atoms with Crippen LogP contribution < -0.4 is 26.0 Å². The van der Waals surface area contributed by atoms with Crippen LogP contribution in [0.3, 0.4) is 0 Å². The van der Waals surface area contributed by atoms with Gasteiger partial charge < -0.3 is 10.2 Å². The molecule has 0 bridgehead atoms. The van der Waals surface area contributed by atoms with Gasteiger partial charge in [-0.25, -0.2) is 14.3 Å². The van der Waals surface area contributed by atoms with Crippen molar-refractivity contribution in [2.75, 3.05) is 17.3 Å². The molecule has 2 heterocycles. The van der Waals surface area contributed by atoms with Crippen molar-refractivity contribution in [3.63, 3.8) is 0 Å². The van der Waals surface area contributed by atoms with Crippen LogP contribution in [0.25, 0.3) is 11.2 Å². The average Bonchev–Trinajstić information content (AvgIpc) is 3.08. The minimum absolute atomic E-state index is 0.0940. The zero-order valence-corrected chi connectivity index (χ0v) is 16.0. The van der Waals surface area contributed by atoms with Crippen LogP contribution in [0.15, 0.2) is 40.2 Å². The third-order valence-electron chi connectivity index (χ3n) is 4.61. The molecule has 0 saturated heterocycles. The van der Waals surface area contributed by atoms with E-state index in [2.05, 4.69) is 10.3 Å². The molecule has 0 atom stereocenters. The highest BCUT2D eigenvalue weighted by Crippen LogP contribution is 2.16. The molecule has 0 fully saturated rings. The fraction of sp³-hybridized carbons (Fsp3) is 0.278. The molecule has 3 rings (SSSR count). The predicted molar refractivity (Wildman–Crippen MR) is 103 cm³/mol. The van der Waals surface area contributed by atoms with Crippen molar-refractivity contribution in [2.24, 2.45) is 14.1 Å². The van der Waals surface area contributed by atoms with Crippen molar-refractivity contribution < 1.29 is 14.2 Å². The molecular formula is C18H21N6O4+. The van der Waals surface area contributed by atoms with Gasteiger partial charge in [0.1, 0.15) is 0 Å². The van der Waals surface area contributed by atoms with E-state index >= 15 is 0 Å². The van der Waals surface area contributed by atoms with Gasteiger partial charge in [-0.2, -0.15) is 0 Å². The normalized spacial score (nSPS) is 10.9. The number of carbonyl (C=O) groups is 2. The van der Waals surface area contributed by atoms with Crippen LogP contribution in [-0.2, 0) is 30.2 Å². The Kier molecular flexibility index (Phi) is 4.87. The van der Waals surface area contributed by atoms with Gasteiger partial charge in [0.25, 0.3) is 17.1 Å². The van der Waals surface area contributed by atoms with Crippen LogP contribution in [0.1, 0.15) is 6.92 Å². The van der Waals surface area contributed by atoms with Crippen molar-refractivity contribution >= 4 is 34.4 Å². The topological polar surface area (TPSA) is 113 Å². The number of aromatic nitrogens is 4. The maximum absolute atomic E-state index is 12.4. The number of carbonyl (C=O) groups excluding carboxylic acids is 2. The second-order valence-corrected chi connectivity index (χ2v) is 6.48. The number of fused-ring (bicyclic) bond motifs is 1. The van der Waals surface area contributed by atoms with Crippen LogP contribution in [0.4, 0.5) is 11.4 Å². The number of aromatic amines is 1. The summed E-state index contributed by atoms with van der Waals surface area (Å²) in [5, 5.41) is 2.75. The van der Waals surface area contributed by atoms with E-state index < -0.39 is 11.2 Å². The summed E-state index contributed by atoms with van der Waals surface area (Å²) in [6.07, 6.45) is 1.48. The molecule has 146 valence electrons. The lowest BCUT2D eigenvalue weighted by Crippen LogP contribution is -2.46. The van der Waals surface area contributed by atoms with Gasteiger partial charge in [-0.15, -0.1) is 0 Å². The van der Waals surface area contributed by atoms with Crippen LogP contribution in [0, 0.1) is 0 Å². The largest absolute Gasteiger partial charge is 0.333 e. The first kappa shape index (κ1) is 19.1. The summed E-state index contributed by atoms with van der Waals surface area (Å²) in [6.45, 7) is 1.36. The molecule has 1 aromatic carbocycles. The van der Waals surface area contributed by atoms with E-state index in [4.69, 9.17) is 0 Å². The summed E-state index contributed by atoms with van der Waals surface area (Å²) in [6, 6.07) is 6.83. The molecule has 10 heteroatoms. The number of rotatable bonds is 4. The lowest BCUT2D eigenvalue weighted by atomic mass is 10.2. The van der Waals surface area contributed by atoms with E-state index in [-0.39, 0.29) is 23.9 Å². The first-order valence-electron chi connectivity index (χ1n) is 8.51. The first-order valence-corrected chi connectivity index (χ1v) is 8.51. The van der Waals surface area contributed by atoms with Gasteiger partial charge >= 0.3 is 11.2 Å². The highest BCUT2D eigenvalue weighted by atomic mass is 16.2. The van der Waals surface area contributed by atoms with E-state index in [1.54, 1.807) is 38.4 Å². The monoisotopic (exact) mass is 385 g/mol. The van der Waals surface area contributed by atoms with Crippen LogP contribution in [-0.4, -0.2) is 33.0 Å². The molecule has 0 aliphatic rings. The number of hydrogen-bond acceptors (Lipinski definition) is 4. The zero-order chi connectivity index (χ0) is 20.6. The fourth-order valence-electron chi connectivity index (χ4n) is 2.88. The van der Waals surface area contributed by atoms with Crippen molar-refractivity contribution in [3.05, 3.63) is 51.4 Å². The molecule has 10 nitrogen and oxygen atoms in total. The quantitative estimate of drug-likeness (QED) is 0.588. The van der Waals surface area contributed by atoms with E-state index in [0.717, 1.165) is 4.57 Å². The van der Waals surface area contributed by atoms with Crippen LogP contribution in [0.5, 0.6) is 0 Å². The van der Waals surface area contributed by atoms with Gasteiger partial charge in [-0.1, -0.05) is 0 Å². The number of anilines is 2. The Morgan fingerprint density at radius 2 is 1.79 bits per heavy atom. The molecule has 0 aliphatic heterocycles. The second-order valence-electron chi connectivity index (χ2n) is 6.48. The lowest BCUT2D eigenvalue weighted by molar-refractivity contribution is -0.658. The minimum atomic E-state index is -0.483. The molecule has 0 aliphatic carbocycles. The van der Waals surface area contributed by atoms with Gasteiger partial charge in [-0.05, 0) is 24.3 Å². The van der Waals surface area contributed by atoms with Crippen molar-refractivity contribution in [1.29, 1.82) is 0 Å². The SMILES string of the molecule is CC(=O)N(C)c1ccc(NC(=O)C[n+]2c[nH]c3c2c(=O)n(C)c(=O)n3C)cc1. The van der Waals surface area contributed by atoms with Gasteiger partial charge in [0.2, 0.25) is 12.2 Å². The number of benzene rings is 1. The Bertz CT molecular complexity index is 1190. The van der Waals surface area contributed by atoms with E-state index in [9.17, 15) is 19.2 Å². The summed E-state index contributed by atoms with van der Waals surface area (Å²) in [7, 11) is 4.60. The van der Waals surface area contributed by atoms with Gasteiger partial charge in [-0.3, -0.25) is 23.5 Å². The number of hydrogen-bond donors (Lipinski definition) is 2.